The number of carbonyl (C=O) groups excluding carboxylic acids is 2. The molecule has 0 saturated heterocycles. The molecule has 1 atom stereocenters. The number of ketones is 2. The van der Waals surface area contributed by atoms with Crippen LogP contribution in [0, 0.1) is 0 Å². The van der Waals surface area contributed by atoms with Crippen molar-refractivity contribution in [2.75, 3.05) is 0 Å². The van der Waals surface area contributed by atoms with Gasteiger partial charge in [-0.3, -0.25) is 9.59 Å². The molecule has 0 spiro atoms. The first-order chi connectivity index (χ1) is 5.57. The van der Waals surface area contributed by atoms with Gasteiger partial charge in [0.1, 0.15) is 0 Å². The van der Waals surface area contributed by atoms with Crippen molar-refractivity contribution in [3.63, 3.8) is 0 Å². The monoisotopic (exact) mass is 172 g/mol. The third-order valence-corrected chi connectivity index (χ3v) is 1.66. The van der Waals surface area contributed by atoms with E-state index in [2.05, 4.69) is 0 Å². The van der Waals surface area contributed by atoms with Gasteiger partial charge in [-0.1, -0.05) is 6.92 Å². The second kappa shape index (κ2) is 5.89. The number of aliphatic hydroxyl groups excluding tert-OH is 1. The van der Waals surface area contributed by atoms with E-state index in [0.29, 0.717) is 12.8 Å². The maximum Gasteiger partial charge on any atom is 0.198 e. The van der Waals surface area contributed by atoms with Gasteiger partial charge in [0, 0.05) is 12.8 Å². The van der Waals surface area contributed by atoms with Crippen molar-refractivity contribution in [1.29, 1.82) is 0 Å². The molecule has 70 valence electrons. The highest BCUT2D eigenvalue weighted by Crippen LogP contribution is 2.01. The van der Waals surface area contributed by atoms with Crippen molar-refractivity contribution in [2.45, 2.75) is 45.6 Å². The molecular weight excluding hydrogens is 156 g/mol. The second-order valence-corrected chi connectivity index (χ2v) is 2.94. The lowest BCUT2D eigenvalue weighted by Crippen LogP contribution is -2.12. The standard InChI is InChI=1S/C9H16O3/c1-3-8(11)9(12)6-4-5-7(2)10/h7,10H,3-6H2,1-2H3. The molecule has 3 nitrogen and oxygen atoms in total. The van der Waals surface area contributed by atoms with Gasteiger partial charge in [-0.15, -0.1) is 0 Å². The lowest BCUT2D eigenvalue weighted by molar-refractivity contribution is -0.136. The van der Waals surface area contributed by atoms with Crippen molar-refractivity contribution in [1.82, 2.24) is 0 Å². The number of aliphatic hydroxyl groups is 1. The molecule has 0 aliphatic carbocycles. The maximum absolute atomic E-state index is 10.9. The van der Waals surface area contributed by atoms with Crippen LogP contribution in [0.2, 0.25) is 0 Å². The Hall–Kier alpha value is -0.700. The summed E-state index contributed by atoms with van der Waals surface area (Å²) in [7, 11) is 0. The lowest BCUT2D eigenvalue weighted by Gasteiger charge is -2.01. The van der Waals surface area contributed by atoms with Crippen molar-refractivity contribution in [3.8, 4) is 0 Å². The smallest absolute Gasteiger partial charge is 0.198 e. The SMILES string of the molecule is CCC(=O)C(=O)CCCC(C)O. The number of rotatable bonds is 6. The van der Waals surface area contributed by atoms with E-state index in [1.165, 1.54) is 0 Å². The molecule has 0 aromatic carbocycles. The van der Waals surface area contributed by atoms with Gasteiger partial charge in [-0.05, 0) is 19.8 Å². The van der Waals surface area contributed by atoms with E-state index >= 15 is 0 Å². The molecule has 0 fully saturated rings. The number of Topliss-reactive ketones (excluding diaryl/α,β-unsaturated/α-hetero) is 2. The molecule has 0 aliphatic rings. The van der Waals surface area contributed by atoms with Crippen LogP contribution in [-0.4, -0.2) is 22.8 Å². The fourth-order valence-electron chi connectivity index (χ4n) is 0.895. The Morgan fingerprint density at radius 3 is 2.33 bits per heavy atom. The first-order valence-corrected chi connectivity index (χ1v) is 4.32. The van der Waals surface area contributed by atoms with E-state index < -0.39 is 0 Å². The zero-order valence-corrected chi connectivity index (χ0v) is 7.67. The van der Waals surface area contributed by atoms with Crippen LogP contribution in [0.1, 0.15) is 39.5 Å². The van der Waals surface area contributed by atoms with E-state index in [-0.39, 0.29) is 30.5 Å². The molecule has 0 aromatic rings. The maximum atomic E-state index is 10.9. The highest BCUT2D eigenvalue weighted by atomic mass is 16.3. The third-order valence-electron chi connectivity index (χ3n) is 1.66. The van der Waals surface area contributed by atoms with Gasteiger partial charge in [0.05, 0.1) is 6.10 Å². The lowest BCUT2D eigenvalue weighted by atomic mass is 10.1. The Kier molecular flexibility index (Phi) is 5.54. The molecule has 12 heavy (non-hydrogen) atoms. The van der Waals surface area contributed by atoms with Crippen LogP contribution in [-0.2, 0) is 9.59 Å². The van der Waals surface area contributed by atoms with Gasteiger partial charge < -0.3 is 5.11 Å². The molecule has 0 heterocycles. The summed E-state index contributed by atoms with van der Waals surface area (Å²) in [6.07, 6.45) is 1.37. The minimum Gasteiger partial charge on any atom is -0.393 e. The molecular formula is C9H16O3. The van der Waals surface area contributed by atoms with Crippen molar-refractivity contribution in [2.24, 2.45) is 0 Å². The molecule has 0 saturated carbocycles. The van der Waals surface area contributed by atoms with Crippen LogP contribution in [0.5, 0.6) is 0 Å². The Morgan fingerprint density at radius 1 is 1.33 bits per heavy atom. The zero-order chi connectivity index (χ0) is 9.56. The summed E-state index contributed by atoms with van der Waals surface area (Å²) < 4.78 is 0. The van der Waals surface area contributed by atoms with Crippen LogP contribution in [0.3, 0.4) is 0 Å². The summed E-state index contributed by atoms with van der Waals surface area (Å²) in [6, 6.07) is 0. The number of hydrogen-bond acceptors (Lipinski definition) is 3. The molecule has 0 aliphatic heterocycles. The van der Waals surface area contributed by atoms with Crippen LogP contribution in [0.15, 0.2) is 0 Å². The Bertz CT molecular complexity index is 161. The molecule has 0 aromatic heterocycles. The van der Waals surface area contributed by atoms with Crippen molar-refractivity contribution < 1.29 is 14.7 Å². The van der Waals surface area contributed by atoms with Crippen LogP contribution < -0.4 is 0 Å². The molecule has 1 N–H and O–H groups in total. The Labute approximate surface area is 72.8 Å². The van der Waals surface area contributed by atoms with Gasteiger partial charge in [-0.2, -0.15) is 0 Å². The van der Waals surface area contributed by atoms with E-state index in [1.54, 1.807) is 13.8 Å². The van der Waals surface area contributed by atoms with Crippen LogP contribution in [0.4, 0.5) is 0 Å². The average Bonchev–Trinajstić information content (AvgIpc) is 2.02. The number of hydrogen-bond donors (Lipinski definition) is 1. The van der Waals surface area contributed by atoms with E-state index in [9.17, 15) is 9.59 Å². The minimum atomic E-state index is -0.380. The fourth-order valence-corrected chi connectivity index (χ4v) is 0.895. The predicted octanol–water partition coefficient (Wildman–Crippen LogP) is 1.09. The highest BCUT2D eigenvalue weighted by molar-refractivity contribution is 6.37. The summed E-state index contributed by atoms with van der Waals surface area (Å²) in [4.78, 5) is 21.7. The fraction of sp³-hybridized carbons (Fsp3) is 0.778. The molecule has 1 unspecified atom stereocenters. The summed E-state index contributed by atoms with van der Waals surface area (Å²) in [5.41, 5.74) is 0. The topological polar surface area (TPSA) is 54.4 Å². The number of carbonyl (C=O) groups is 2. The minimum absolute atomic E-state index is 0.275. The molecule has 0 bridgehead atoms. The van der Waals surface area contributed by atoms with E-state index in [0.717, 1.165) is 0 Å². The molecule has 3 heteroatoms. The van der Waals surface area contributed by atoms with Crippen LogP contribution in [0.25, 0.3) is 0 Å². The molecule has 0 amide bonds. The van der Waals surface area contributed by atoms with Crippen molar-refractivity contribution in [3.05, 3.63) is 0 Å². The summed E-state index contributed by atoms with van der Waals surface area (Å²) in [6.45, 7) is 3.35. The predicted molar refractivity (Wildman–Crippen MR) is 45.8 cm³/mol. The van der Waals surface area contributed by atoms with Crippen LogP contribution >= 0.6 is 0 Å². The van der Waals surface area contributed by atoms with Gasteiger partial charge in [0.15, 0.2) is 11.6 Å². The van der Waals surface area contributed by atoms with E-state index in [4.69, 9.17) is 5.11 Å². The summed E-state index contributed by atoms with van der Waals surface area (Å²) in [5, 5.41) is 8.86. The van der Waals surface area contributed by atoms with Gasteiger partial charge >= 0.3 is 0 Å². The highest BCUT2D eigenvalue weighted by Gasteiger charge is 2.10. The van der Waals surface area contributed by atoms with Crippen molar-refractivity contribution >= 4 is 11.6 Å². The summed E-state index contributed by atoms with van der Waals surface area (Å²) in [5.74, 6) is -0.612. The third kappa shape index (κ3) is 5.02. The normalized spacial score (nSPS) is 12.6. The van der Waals surface area contributed by atoms with Gasteiger partial charge in [0.2, 0.25) is 0 Å². The quantitative estimate of drug-likeness (QED) is 0.610. The zero-order valence-electron chi connectivity index (χ0n) is 7.67. The van der Waals surface area contributed by atoms with Gasteiger partial charge in [0.25, 0.3) is 0 Å². The first-order valence-electron chi connectivity index (χ1n) is 4.32. The Morgan fingerprint density at radius 2 is 1.92 bits per heavy atom. The molecule has 0 radical (unpaired) electrons. The first kappa shape index (κ1) is 11.3. The van der Waals surface area contributed by atoms with Gasteiger partial charge in [-0.25, -0.2) is 0 Å². The van der Waals surface area contributed by atoms with E-state index in [1.807, 2.05) is 0 Å². The molecule has 0 rings (SSSR count). The summed E-state index contributed by atoms with van der Waals surface area (Å²) >= 11 is 0. The average molecular weight is 172 g/mol. The second-order valence-electron chi connectivity index (χ2n) is 2.94. The largest absolute Gasteiger partial charge is 0.393 e. The Balaban J connectivity index is 3.51.